The Kier molecular flexibility index (Phi) is 6.56. The molecule has 0 aliphatic rings. The first-order valence-electron chi connectivity index (χ1n) is 7.00. The number of benzene rings is 1. The van der Waals surface area contributed by atoms with E-state index in [0.29, 0.717) is 11.3 Å². The monoisotopic (exact) mass is 277 g/mol. The highest BCUT2D eigenvalue weighted by Crippen LogP contribution is 2.09. The van der Waals surface area contributed by atoms with Crippen LogP contribution in [0, 0.1) is 0 Å². The fraction of sp³-hybridized carbons (Fsp3) is 0.467. The van der Waals surface area contributed by atoms with E-state index >= 15 is 0 Å². The smallest absolute Gasteiger partial charge is 0.319 e. The average molecular weight is 277 g/mol. The van der Waals surface area contributed by atoms with Crippen LogP contribution in [0.3, 0.4) is 0 Å². The average Bonchev–Trinajstić information content (AvgIpc) is 2.39. The fourth-order valence-electron chi connectivity index (χ4n) is 1.88. The number of hydrogen-bond acceptors (Lipinski definition) is 2. The van der Waals surface area contributed by atoms with Gasteiger partial charge in [-0.2, -0.15) is 0 Å². The van der Waals surface area contributed by atoms with Crippen molar-refractivity contribution in [3.63, 3.8) is 0 Å². The number of nitrogens with two attached hydrogens (primary N) is 1. The van der Waals surface area contributed by atoms with Gasteiger partial charge in [0.25, 0.3) is 0 Å². The topological polar surface area (TPSA) is 84.2 Å². The first kappa shape index (κ1) is 16.0. The van der Waals surface area contributed by atoms with Gasteiger partial charge in [-0.25, -0.2) is 4.79 Å². The van der Waals surface area contributed by atoms with Crippen molar-refractivity contribution in [3.05, 3.63) is 29.8 Å². The Labute approximate surface area is 119 Å². The third-order valence-corrected chi connectivity index (χ3v) is 3.05. The molecule has 5 heteroatoms. The largest absolute Gasteiger partial charge is 0.366 e. The lowest BCUT2D eigenvalue weighted by Crippen LogP contribution is -2.36. The molecule has 0 fully saturated rings. The van der Waals surface area contributed by atoms with Crippen molar-refractivity contribution >= 4 is 17.6 Å². The molecule has 1 aromatic rings. The molecular weight excluding hydrogens is 254 g/mol. The number of carbonyl (C=O) groups excluding carboxylic acids is 2. The maximum absolute atomic E-state index is 11.8. The molecule has 0 radical (unpaired) electrons. The minimum absolute atomic E-state index is 0.145. The number of anilines is 1. The van der Waals surface area contributed by atoms with E-state index in [4.69, 9.17) is 5.73 Å². The number of urea groups is 1. The van der Waals surface area contributed by atoms with Crippen LogP contribution < -0.4 is 16.4 Å². The molecule has 0 aliphatic heterocycles. The van der Waals surface area contributed by atoms with Crippen molar-refractivity contribution < 1.29 is 9.59 Å². The minimum atomic E-state index is -0.481. The normalized spacial score (nSPS) is 11.7. The molecule has 1 aromatic carbocycles. The van der Waals surface area contributed by atoms with Gasteiger partial charge in [0, 0.05) is 17.3 Å². The number of carbonyl (C=O) groups is 2. The Balaban J connectivity index is 2.39. The van der Waals surface area contributed by atoms with Crippen LogP contribution in [0.15, 0.2) is 24.3 Å². The molecule has 0 saturated carbocycles. The van der Waals surface area contributed by atoms with E-state index in [1.807, 2.05) is 6.92 Å². The van der Waals surface area contributed by atoms with E-state index in [1.165, 1.54) is 12.8 Å². The molecule has 0 bridgehead atoms. The summed E-state index contributed by atoms with van der Waals surface area (Å²) >= 11 is 0. The van der Waals surface area contributed by atoms with Crippen LogP contribution in [-0.4, -0.2) is 18.0 Å². The number of primary amides is 1. The highest BCUT2D eigenvalue weighted by atomic mass is 16.2. The summed E-state index contributed by atoms with van der Waals surface area (Å²) in [6, 6.07) is 6.39. The van der Waals surface area contributed by atoms with E-state index in [2.05, 4.69) is 17.6 Å². The quantitative estimate of drug-likeness (QED) is 0.669. The highest BCUT2D eigenvalue weighted by molar-refractivity contribution is 5.94. The van der Waals surface area contributed by atoms with Crippen molar-refractivity contribution in [2.45, 2.75) is 45.6 Å². The summed E-state index contributed by atoms with van der Waals surface area (Å²) in [4.78, 5) is 22.7. The molecule has 0 heterocycles. The SMILES string of the molecule is CCCCC[C@@H](C)NC(=O)Nc1ccc(C(N)=O)cc1. The van der Waals surface area contributed by atoms with Gasteiger partial charge in [0.05, 0.1) is 0 Å². The van der Waals surface area contributed by atoms with Crippen LogP contribution in [0.5, 0.6) is 0 Å². The molecule has 0 spiro atoms. The highest BCUT2D eigenvalue weighted by Gasteiger charge is 2.07. The van der Waals surface area contributed by atoms with Crippen LogP contribution in [0.2, 0.25) is 0 Å². The van der Waals surface area contributed by atoms with Gasteiger partial charge in [-0.3, -0.25) is 4.79 Å². The zero-order valence-electron chi connectivity index (χ0n) is 12.1. The van der Waals surface area contributed by atoms with Gasteiger partial charge in [0.1, 0.15) is 0 Å². The van der Waals surface area contributed by atoms with Crippen LogP contribution in [0.25, 0.3) is 0 Å². The van der Waals surface area contributed by atoms with E-state index in [9.17, 15) is 9.59 Å². The van der Waals surface area contributed by atoms with Crippen molar-refractivity contribution in [2.75, 3.05) is 5.32 Å². The Hall–Kier alpha value is -2.04. The van der Waals surface area contributed by atoms with Gasteiger partial charge in [-0.15, -0.1) is 0 Å². The van der Waals surface area contributed by atoms with Gasteiger partial charge >= 0.3 is 6.03 Å². The number of rotatable bonds is 7. The predicted octanol–water partition coefficient (Wildman–Crippen LogP) is 2.88. The summed E-state index contributed by atoms with van der Waals surface area (Å²) in [5.74, 6) is -0.481. The van der Waals surface area contributed by atoms with Crippen LogP contribution in [0.1, 0.15) is 49.9 Å². The molecule has 1 rings (SSSR count). The number of amides is 3. The third-order valence-electron chi connectivity index (χ3n) is 3.05. The Bertz CT molecular complexity index is 443. The summed E-state index contributed by atoms with van der Waals surface area (Å²) in [5.41, 5.74) is 6.20. The standard InChI is InChI=1S/C15H23N3O2/c1-3-4-5-6-11(2)17-15(20)18-13-9-7-12(8-10-13)14(16)19/h7-11H,3-6H2,1-2H3,(H2,16,19)(H2,17,18,20)/t11-/m1/s1. The second-order valence-corrected chi connectivity index (χ2v) is 4.94. The lowest BCUT2D eigenvalue weighted by Gasteiger charge is -2.14. The van der Waals surface area contributed by atoms with E-state index in [-0.39, 0.29) is 12.1 Å². The maximum atomic E-state index is 11.8. The molecule has 110 valence electrons. The van der Waals surface area contributed by atoms with Gasteiger partial charge in [-0.05, 0) is 37.6 Å². The number of hydrogen-bond donors (Lipinski definition) is 3. The molecule has 5 nitrogen and oxygen atoms in total. The Morgan fingerprint density at radius 3 is 2.40 bits per heavy atom. The molecule has 4 N–H and O–H groups in total. The fourth-order valence-corrected chi connectivity index (χ4v) is 1.88. The summed E-state index contributed by atoms with van der Waals surface area (Å²) in [7, 11) is 0. The second kappa shape index (κ2) is 8.19. The zero-order valence-corrected chi connectivity index (χ0v) is 12.1. The lowest BCUT2D eigenvalue weighted by molar-refractivity contribution is 0.100. The first-order chi connectivity index (χ1) is 9.52. The van der Waals surface area contributed by atoms with Crippen LogP contribution >= 0.6 is 0 Å². The van der Waals surface area contributed by atoms with E-state index in [0.717, 1.165) is 12.8 Å². The number of nitrogens with one attached hydrogen (secondary N) is 2. The maximum Gasteiger partial charge on any atom is 0.319 e. The number of unbranched alkanes of at least 4 members (excludes halogenated alkanes) is 2. The van der Waals surface area contributed by atoms with Crippen molar-refractivity contribution in [1.82, 2.24) is 5.32 Å². The van der Waals surface area contributed by atoms with Crippen molar-refractivity contribution in [2.24, 2.45) is 5.73 Å². The van der Waals surface area contributed by atoms with Crippen LogP contribution in [-0.2, 0) is 0 Å². The molecule has 0 aliphatic carbocycles. The van der Waals surface area contributed by atoms with Crippen molar-refractivity contribution in [3.8, 4) is 0 Å². The van der Waals surface area contributed by atoms with E-state index < -0.39 is 5.91 Å². The van der Waals surface area contributed by atoms with Gasteiger partial charge in [0.2, 0.25) is 5.91 Å². The molecule has 0 aromatic heterocycles. The van der Waals surface area contributed by atoms with Crippen LogP contribution in [0.4, 0.5) is 10.5 Å². The summed E-state index contributed by atoms with van der Waals surface area (Å²) in [6.45, 7) is 4.14. The molecule has 1 atom stereocenters. The van der Waals surface area contributed by atoms with Gasteiger partial charge in [-0.1, -0.05) is 26.2 Å². The van der Waals surface area contributed by atoms with Crippen molar-refractivity contribution in [1.29, 1.82) is 0 Å². The molecular formula is C15H23N3O2. The third kappa shape index (κ3) is 5.73. The predicted molar refractivity (Wildman–Crippen MR) is 80.7 cm³/mol. The Morgan fingerprint density at radius 1 is 1.20 bits per heavy atom. The summed E-state index contributed by atoms with van der Waals surface area (Å²) in [5, 5.41) is 5.61. The molecule has 0 saturated heterocycles. The summed E-state index contributed by atoms with van der Waals surface area (Å²) < 4.78 is 0. The zero-order chi connectivity index (χ0) is 15.0. The lowest BCUT2D eigenvalue weighted by atomic mass is 10.1. The second-order valence-electron chi connectivity index (χ2n) is 4.94. The first-order valence-corrected chi connectivity index (χ1v) is 7.00. The Morgan fingerprint density at radius 2 is 1.85 bits per heavy atom. The van der Waals surface area contributed by atoms with Gasteiger partial charge < -0.3 is 16.4 Å². The van der Waals surface area contributed by atoms with E-state index in [1.54, 1.807) is 24.3 Å². The molecule has 3 amide bonds. The van der Waals surface area contributed by atoms with Gasteiger partial charge in [0.15, 0.2) is 0 Å². The molecule has 0 unspecified atom stereocenters. The summed E-state index contributed by atoms with van der Waals surface area (Å²) in [6.07, 6.45) is 4.44. The minimum Gasteiger partial charge on any atom is -0.366 e. The molecule has 20 heavy (non-hydrogen) atoms.